The molecule has 3 rings (SSSR count). The minimum atomic E-state index is -0.615. The van der Waals surface area contributed by atoms with E-state index in [9.17, 15) is 14.7 Å². The number of aromatic hydroxyl groups is 1. The number of allylic oxidation sites excluding steroid dienone is 1. The zero-order valence-corrected chi connectivity index (χ0v) is 12.9. The van der Waals surface area contributed by atoms with Crippen LogP contribution in [0.4, 0.5) is 0 Å². The standard InChI is InChI=1S/C19H15NO4/c1-24-13-9-6-12(7-10-13)8-11-16(21)17-18(22)14-4-2-3-5-15(14)20-19(17)23/h2-11H,1H3,(H2,20,22,23)/b11-8+. The summed E-state index contributed by atoms with van der Waals surface area (Å²) in [5.74, 6) is -0.156. The Kier molecular flexibility index (Phi) is 4.16. The zero-order chi connectivity index (χ0) is 17.1. The summed E-state index contributed by atoms with van der Waals surface area (Å²) >= 11 is 0. The molecule has 5 heteroatoms. The van der Waals surface area contributed by atoms with Crippen molar-refractivity contribution in [2.24, 2.45) is 0 Å². The van der Waals surface area contributed by atoms with E-state index in [2.05, 4.69) is 4.98 Å². The summed E-state index contributed by atoms with van der Waals surface area (Å²) < 4.78 is 5.07. The highest BCUT2D eigenvalue weighted by Gasteiger charge is 2.16. The number of nitrogens with one attached hydrogen (secondary N) is 1. The SMILES string of the molecule is COc1ccc(/C=C/C(=O)c2c(O)c3ccccc3[nH]c2=O)cc1. The number of benzene rings is 2. The summed E-state index contributed by atoms with van der Waals surface area (Å²) in [5.41, 5.74) is 0.380. The van der Waals surface area contributed by atoms with Gasteiger partial charge in [0.1, 0.15) is 17.1 Å². The topological polar surface area (TPSA) is 79.4 Å². The number of carbonyl (C=O) groups is 1. The Morgan fingerprint density at radius 3 is 2.54 bits per heavy atom. The zero-order valence-electron chi connectivity index (χ0n) is 12.9. The molecule has 0 saturated carbocycles. The van der Waals surface area contributed by atoms with E-state index in [0.717, 1.165) is 5.56 Å². The largest absolute Gasteiger partial charge is 0.506 e. The van der Waals surface area contributed by atoms with Crippen molar-refractivity contribution >= 4 is 22.8 Å². The molecule has 0 saturated heterocycles. The number of carbonyl (C=O) groups excluding carboxylic acids is 1. The molecule has 24 heavy (non-hydrogen) atoms. The van der Waals surface area contributed by atoms with Gasteiger partial charge in [0.15, 0.2) is 5.78 Å². The van der Waals surface area contributed by atoms with Crippen LogP contribution in [0.1, 0.15) is 15.9 Å². The van der Waals surface area contributed by atoms with Gasteiger partial charge in [0.2, 0.25) is 0 Å². The van der Waals surface area contributed by atoms with Gasteiger partial charge in [-0.05, 0) is 35.9 Å². The first-order valence-corrected chi connectivity index (χ1v) is 7.30. The van der Waals surface area contributed by atoms with Crippen molar-refractivity contribution in [3.8, 4) is 11.5 Å². The minimum Gasteiger partial charge on any atom is -0.506 e. The van der Waals surface area contributed by atoms with Gasteiger partial charge in [-0.3, -0.25) is 9.59 Å². The van der Waals surface area contributed by atoms with Gasteiger partial charge in [-0.1, -0.05) is 30.3 Å². The number of para-hydroxylation sites is 1. The van der Waals surface area contributed by atoms with Crippen LogP contribution in [-0.2, 0) is 0 Å². The molecule has 0 bridgehead atoms. The number of methoxy groups -OCH3 is 1. The van der Waals surface area contributed by atoms with Gasteiger partial charge in [0.25, 0.3) is 5.56 Å². The van der Waals surface area contributed by atoms with Crippen molar-refractivity contribution in [1.29, 1.82) is 0 Å². The number of hydrogen-bond donors (Lipinski definition) is 2. The lowest BCUT2D eigenvalue weighted by atomic mass is 10.1. The van der Waals surface area contributed by atoms with E-state index in [0.29, 0.717) is 16.7 Å². The van der Waals surface area contributed by atoms with E-state index in [1.165, 1.54) is 6.08 Å². The highest BCUT2D eigenvalue weighted by Crippen LogP contribution is 2.25. The summed E-state index contributed by atoms with van der Waals surface area (Å²) in [6, 6.07) is 13.9. The van der Waals surface area contributed by atoms with Gasteiger partial charge >= 0.3 is 0 Å². The first kappa shape index (κ1) is 15.6. The van der Waals surface area contributed by atoms with Gasteiger partial charge in [0, 0.05) is 5.39 Å². The predicted molar refractivity (Wildman–Crippen MR) is 92.6 cm³/mol. The molecule has 0 radical (unpaired) electrons. The first-order chi connectivity index (χ1) is 11.6. The molecule has 0 unspecified atom stereocenters. The number of aromatic amines is 1. The fourth-order valence-electron chi connectivity index (χ4n) is 2.42. The molecule has 1 aromatic heterocycles. The molecule has 2 N–H and O–H groups in total. The number of rotatable bonds is 4. The third-order valence-corrected chi connectivity index (χ3v) is 3.68. The molecule has 2 aromatic carbocycles. The van der Waals surface area contributed by atoms with Gasteiger partial charge in [-0.15, -0.1) is 0 Å². The molecular weight excluding hydrogens is 306 g/mol. The highest BCUT2D eigenvalue weighted by molar-refractivity contribution is 6.11. The number of fused-ring (bicyclic) bond motifs is 1. The van der Waals surface area contributed by atoms with Crippen molar-refractivity contribution in [3.63, 3.8) is 0 Å². The molecule has 120 valence electrons. The molecule has 0 spiro atoms. The van der Waals surface area contributed by atoms with Gasteiger partial charge < -0.3 is 14.8 Å². The minimum absolute atomic E-state index is 0.265. The van der Waals surface area contributed by atoms with Crippen molar-refractivity contribution in [2.45, 2.75) is 0 Å². The lowest BCUT2D eigenvalue weighted by molar-refractivity contribution is 0.104. The van der Waals surface area contributed by atoms with Crippen LogP contribution in [0.3, 0.4) is 0 Å². The van der Waals surface area contributed by atoms with Crippen molar-refractivity contribution in [3.05, 3.63) is 76.1 Å². The Morgan fingerprint density at radius 2 is 1.83 bits per heavy atom. The van der Waals surface area contributed by atoms with Crippen LogP contribution in [0.2, 0.25) is 0 Å². The average molecular weight is 321 g/mol. The van der Waals surface area contributed by atoms with E-state index in [1.54, 1.807) is 61.7 Å². The summed E-state index contributed by atoms with van der Waals surface area (Å²) in [6.07, 6.45) is 2.84. The van der Waals surface area contributed by atoms with E-state index < -0.39 is 11.3 Å². The lowest BCUT2D eigenvalue weighted by Gasteiger charge is -2.04. The monoisotopic (exact) mass is 321 g/mol. The number of H-pyrrole nitrogens is 1. The number of ketones is 1. The molecule has 3 aromatic rings. The molecule has 0 atom stereocenters. The van der Waals surface area contributed by atoms with E-state index in [4.69, 9.17) is 4.74 Å². The maximum Gasteiger partial charge on any atom is 0.263 e. The Balaban J connectivity index is 1.96. The molecule has 0 amide bonds. The van der Waals surface area contributed by atoms with Crippen LogP contribution >= 0.6 is 0 Å². The normalized spacial score (nSPS) is 11.0. The second-order valence-corrected chi connectivity index (χ2v) is 5.19. The van der Waals surface area contributed by atoms with Crippen molar-refractivity contribution < 1.29 is 14.6 Å². The molecular formula is C19H15NO4. The summed E-state index contributed by atoms with van der Waals surface area (Å²) in [6.45, 7) is 0. The quantitative estimate of drug-likeness (QED) is 0.571. The second kappa shape index (κ2) is 6.42. The molecule has 0 aliphatic heterocycles. The van der Waals surface area contributed by atoms with Crippen LogP contribution in [-0.4, -0.2) is 23.0 Å². The van der Waals surface area contributed by atoms with Crippen molar-refractivity contribution in [1.82, 2.24) is 4.98 Å². The van der Waals surface area contributed by atoms with Gasteiger partial charge in [-0.25, -0.2) is 0 Å². The number of ether oxygens (including phenoxy) is 1. The summed E-state index contributed by atoms with van der Waals surface area (Å²) in [4.78, 5) is 27.0. The number of hydrogen-bond acceptors (Lipinski definition) is 4. The molecule has 1 heterocycles. The van der Waals surface area contributed by atoms with Gasteiger partial charge in [0.05, 0.1) is 12.6 Å². The Hall–Kier alpha value is -3.34. The van der Waals surface area contributed by atoms with E-state index >= 15 is 0 Å². The Bertz CT molecular complexity index is 984. The molecule has 0 aliphatic rings. The first-order valence-electron chi connectivity index (χ1n) is 7.30. The molecule has 5 nitrogen and oxygen atoms in total. The van der Waals surface area contributed by atoms with Crippen molar-refractivity contribution in [2.75, 3.05) is 7.11 Å². The van der Waals surface area contributed by atoms with Crippen LogP contribution < -0.4 is 10.3 Å². The molecule has 0 aliphatic carbocycles. The highest BCUT2D eigenvalue weighted by atomic mass is 16.5. The predicted octanol–water partition coefficient (Wildman–Crippen LogP) is 3.14. The number of pyridine rings is 1. The van der Waals surface area contributed by atoms with Crippen LogP contribution in [0.15, 0.2) is 59.4 Å². The Labute approximate surface area is 137 Å². The maximum atomic E-state index is 12.3. The van der Waals surface area contributed by atoms with Crippen LogP contribution in [0, 0.1) is 0 Å². The summed E-state index contributed by atoms with van der Waals surface area (Å²) in [5, 5.41) is 10.7. The van der Waals surface area contributed by atoms with Crippen LogP contribution in [0.25, 0.3) is 17.0 Å². The second-order valence-electron chi connectivity index (χ2n) is 5.19. The smallest absolute Gasteiger partial charge is 0.263 e. The fourth-order valence-corrected chi connectivity index (χ4v) is 2.42. The average Bonchev–Trinajstić information content (AvgIpc) is 2.60. The van der Waals surface area contributed by atoms with E-state index in [1.807, 2.05) is 0 Å². The summed E-state index contributed by atoms with van der Waals surface area (Å²) in [7, 11) is 1.57. The molecule has 0 fully saturated rings. The van der Waals surface area contributed by atoms with Gasteiger partial charge in [-0.2, -0.15) is 0 Å². The lowest BCUT2D eigenvalue weighted by Crippen LogP contribution is -2.16. The third-order valence-electron chi connectivity index (χ3n) is 3.68. The van der Waals surface area contributed by atoms with Crippen LogP contribution in [0.5, 0.6) is 11.5 Å². The third kappa shape index (κ3) is 2.92. The Morgan fingerprint density at radius 1 is 1.12 bits per heavy atom. The maximum absolute atomic E-state index is 12.3. The fraction of sp³-hybridized carbons (Fsp3) is 0.0526. The van der Waals surface area contributed by atoms with E-state index in [-0.39, 0.29) is 11.3 Å². The number of aromatic nitrogens is 1.